The van der Waals surface area contributed by atoms with E-state index >= 15 is 0 Å². The van der Waals surface area contributed by atoms with Crippen molar-refractivity contribution in [3.8, 4) is 11.1 Å². The summed E-state index contributed by atoms with van der Waals surface area (Å²) in [5.74, 6) is -1.87. The number of amides is 1. The molecule has 0 radical (unpaired) electrons. The third-order valence-corrected chi connectivity index (χ3v) is 6.80. The molecule has 206 valence electrons. The average Bonchev–Trinajstić information content (AvgIpc) is 2.94. The SMILES string of the molecule is O=C(O)CN1CCN(c2ncc(-c3ccc4ncc(Cl)c(NC(c5ccccc5F)C(F)F)c4c3)cn2)CC1=O. The molecule has 1 saturated heterocycles. The third-order valence-electron chi connectivity index (χ3n) is 6.51. The van der Waals surface area contributed by atoms with E-state index in [1.807, 2.05) is 0 Å². The van der Waals surface area contributed by atoms with Crippen molar-refractivity contribution in [2.75, 3.05) is 36.4 Å². The van der Waals surface area contributed by atoms with Gasteiger partial charge < -0.3 is 20.2 Å². The van der Waals surface area contributed by atoms with Crippen molar-refractivity contribution in [1.82, 2.24) is 19.9 Å². The summed E-state index contributed by atoms with van der Waals surface area (Å²) in [6.45, 7) is 0.204. The van der Waals surface area contributed by atoms with Crippen LogP contribution in [0.15, 0.2) is 61.1 Å². The quantitative estimate of drug-likeness (QED) is 0.315. The van der Waals surface area contributed by atoms with E-state index in [1.165, 1.54) is 29.3 Å². The number of aliphatic carboxylic acids is 1. The maximum Gasteiger partial charge on any atom is 0.323 e. The standard InChI is InChI=1S/C27H22ClF3N6O3/c28-19-12-32-21-6-5-15(9-18(21)24(19)35-25(26(30)31)17-3-1-2-4-20(17)29)16-10-33-27(34-11-16)37-8-7-36(14-23(39)40)22(38)13-37/h1-6,9-12,25-26H,7-8,13-14H2,(H,32,35)(H,39,40). The second-order valence-electron chi connectivity index (χ2n) is 9.09. The van der Waals surface area contributed by atoms with Gasteiger partial charge in [-0.05, 0) is 23.8 Å². The van der Waals surface area contributed by atoms with Crippen LogP contribution in [0.2, 0.25) is 5.02 Å². The van der Waals surface area contributed by atoms with E-state index in [-0.39, 0.29) is 41.8 Å². The number of carbonyl (C=O) groups excluding carboxylic acids is 1. The number of anilines is 2. The lowest BCUT2D eigenvalue weighted by atomic mass is 10.0. The predicted molar refractivity (Wildman–Crippen MR) is 143 cm³/mol. The number of halogens is 4. The number of nitrogens with zero attached hydrogens (tertiary/aromatic N) is 5. The van der Waals surface area contributed by atoms with Crippen molar-refractivity contribution >= 4 is 46.0 Å². The van der Waals surface area contributed by atoms with Crippen LogP contribution in [-0.4, -0.2) is 69.4 Å². The first-order valence-corrected chi connectivity index (χ1v) is 12.5. The molecule has 2 aromatic heterocycles. The number of rotatable bonds is 8. The van der Waals surface area contributed by atoms with E-state index in [4.69, 9.17) is 16.7 Å². The molecule has 0 aliphatic carbocycles. The molecule has 3 heterocycles. The molecule has 0 bridgehead atoms. The first kappa shape index (κ1) is 27.1. The highest BCUT2D eigenvalue weighted by atomic mass is 35.5. The zero-order valence-corrected chi connectivity index (χ0v) is 21.5. The number of hydrogen-bond acceptors (Lipinski definition) is 7. The monoisotopic (exact) mass is 570 g/mol. The molecule has 1 fully saturated rings. The summed E-state index contributed by atoms with van der Waals surface area (Å²) in [7, 11) is 0. The van der Waals surface area contributed by atoms with Gasteiger partial charge >= 0.3 is 5.97 Å². The Morgan fingerprint density at radius 3 is 2.48 bits per heavy atom. The number of carboxylic acid groups (broad SMARTS) is 1. The van der Waals surface area contributed by atoms with Gasteiger partial charge in [0.05, 0.1) is 16.2 Å². The molecule has 40 heavy (non-hydrogen) atoms. The summed E-state index contributed by atoms with van der Waals surface area (Å²) in [5.41, 5.74) is 1.71. The van der Waals surface area contributed by atoms with Gasteiger partial charge in [-0.25, -0.2) is 23.1 Å². The van der Waals surface area contributed by atoms with Gasteiger partial charge in [-0.3, -0.25) is 14.6 Å². The molecule has 5 rings (SSSR count). The topological polar surface area (TPSA) is 112 Å². The van der Waals surface area contributed by atoms with Crippen molar-refractivity contribution in [2.24, 2.45) is 0 Å². The minimum Gasteiger partial charge on any atom is -0.480 e. The summed E-state index contributed by atoms with van der Waals surface area (Å²) in [5, 5.41) is 12.2. The van der Waals surface area contributed by atoms with Gasteiger partial charge in [0.25, 0.3) is 6.43 Å². The van der Waals surface area contributed by atoms with E-state index in [1.54, 1.807) is 35.5 Å². The summed E-state index contributed by atoms with van der Waals surface area (Å²) in [6, 6.07) is 8.82. The Morgan fingerprint density at radius 2 is 1.80 bits per heavy atom. The van der Waals surface area contributed by atoms with Gasteiger partial charge in [-0.2, -0.15) is 0 Å². The van der Waals surface area contributed by atoms with E-state index in [2.05, 4.69) is 20.3 Å². The molecule has 9 nitrogen and oxygen atoms in total. The first-order valence-electron chi connectivity index (χ1n) is 12.2. The number of piperazine rings is 1. The number of carbonyl (C=O) groups is 2. The number of benzene rings is 2. The van der Waals surface area contributed by atoms with Crippen LogP contribution in [-0.2, 0) is 9.59 Å². The van der Waals surface area contributed by atoms with E-state index < -0.39 is 24.3 Å². The molecule has 4 aromatic rings. The van der Waals surface area contributed by atoms with Crippen molar-refractivity contribution in [3.05, 3.63) is 77.5 Å². The van der Waals surface area contributed by atoms with Crippen molar-refractivity contribution in [3.63, 3.8) is 0 Å². The lowest BCUT2D eigenvalue weighted by molar-refractivity contribution is -0.144. The lowest BCUT2D eigenvalue weighted by Crippen LogP contribution is -2.52. The molecule has 1 atom stereocenters. The van der Waals surface area contributed by atoms with Crippen LogP contribution >= 0.6 is 11.6 Å². The average molecular weight is 571 g/mol. The van der Waals surface area contributed by atoms with Crippen LogP contribution in [0.1, 0.15) is 11.6 Å². The Kier molecular flexibility index (Phi) is 7.69. The molecule has 2 aromatic carbocycles. The van der Waals surface area contributed by atoms with Gasteiger partial charge in [0.15, 0.2) is 0 Å². The molecule has 13 heteroatoms. The number of hydrogen-bond donors (Lipinski definition) is 2. The molecule has 1 aliphatic rings. The van der Waals surface area contributed by atoms with Crippen molar-refractivity contribution in [1.29, 1.82) is 0 Å². The molecule has 1 amide bonds. The minimum absolute atomic E-state index is 0.0465. The van der Waals surface area contributed by atoms with Gasteiger partial charge in [0.1, 0.15) is 24.9 Å². The molecular weight excluding hydrogens is 549 g/mol. The first-order chi connectivity index (χ1) is 19.2. The zero-order valence-electron chi connectivity index (χ0n) is 20.8. The molecule has 0 saturated carbocycles. The summed E-state index contributed by atoms with van der Waals surface area (Å²) in [6.07, 6.45) is 1.53. The predicted octanol–water partition coefficient (Wildman–Crippen LogP) is 4.64. The molecule has 1 unspecified atom stereocenters. The second kappa shape index (κ2) is 11.3. The van der Waals surface area contributed by atoms with Crippen LogP contribution in [0.5, 0.6) is 0 Å². The summed E-state index contributed by atoms with van der Waals surface area (Å²) >= 11 is 6.38. The molecular formula is C27H22ClF3N6O3. The fourth-order valence-corrected chi connectivity index (χ4v) is 4.70. The van der Waals surface area contributed by atoms with Gasteiger partial charge in [-0.15, -0.1) is 0 Å². The van der Waals surface area contributed by atoms with Crippen molar-refractivity contribution < 1.29 is 27.9 Å². The number of pyridine rings is 1. The maximum absolute atomic E-state index is 14.4. The number of nitrogens with one attached hydrogen (secondary N) is 1. The van der Waals surface area contributed by atoms with E-state index in [0.717, 1.165) is 6.07 Å². The highest BCUT2D eigenvalue weighted by Crippen LogP contribution is 2.37. The molecule has 1 aliphatic heterocycles. The Hall–Kier alpha value is -4.45. The fraction of sp³-hybridized carbons (Fsp3) is 0.222. The Labute approximate surface area is 231 Å². The highest BCUT2D eigenvalue weighted by Gasteiger charge is 2.28. The largest absolute Gasteiger partial charge is 0.480 e. The van der Waals surface area contributed by atoms with Crippen LogP contribution in [0.4, 0.5) is 24.8 Å². The van der Waals surface area contributed by atoms with Gasteiger partial charge in [-0.1, -0.05) is 35.9 Å². The number of fused-ring (bicyclic) bond motifs is 1. The Morgan fingerprint density at radius 1 is 1.05 bits per heavy atom. The number of alkyl halides is 2. The fourth-order valence-electron chi connectivity index (χ4n) is 4.50. The number of aromatic nitrogens is 3. The van der Waals surface area contributed by atoms with Crippen molar-refractivity contribution in [2.45, 2.75) is 12.5 Å². The van der Waals surface area contributed by atoms with E-state index in [0.29, 0.717) is 34.5 Å². The Balaban J connectivity index is 1.42. The van der Waals surface area contributed by atoms with Crippen LogP contribution in [0.25, 0.3) is 22.0 Å². The second-order valence-corrected chi connectivity index (χ2v) is 9.50. The van der Waals surface area contributed by atoms with E-state index in [9.17, 15) is 22.8 Å². The normalized spacial score (nSPS) is 14.6. The Bertz CT molecular complexity index is 1570. The van der Waals surface area contributed by atoms with Crippen LogP contribution in [0, 0.1) is 5.82 Å². The highest BCUT2D eigenvalue weighted by molar-refractivity contribution is 6.34. The van der Waals surface area contributed by atoms with Crippen LogP contribution in [0.3, 0.4) is 0 Å². The van der Waals surface area contributed by atoms with Crippen LogP contribution < -0.4 is 10.2 Å². The third kappa shape index (κ3) is 5.62. The molecule has 0 spiro atoms. The number of carboxylic acids is 1. The maximum atomic E-state index is 14.4. The summed E-state index contributed by atoms with van der Waals surface area (Å²) in [4.78, 5) is 39.2. The lowest BCUT2D eigenvalue weighted by Gasteiger charge is -2.33. The minimum atomic E-state index is -2.93. The molecule has 2 N–H and O–H groups in total. The smallest absolute Gasteiger partial charge is 0.323 e. The van der Waals surface area contributed by atoms with Gasteiger partial charge in [0, 0.05) is 48.2 Å². The van der Waals surface area contributed by atoms with Gasteiger partial charge in [0.2, 0.25) is 11.9 Å². The summed E-state index contributed by atoms with van der Waals surface area (Å²) < 4.78 is 42.5. The zero-order chi connectivity index (χ0) is 28.4.